The SMILES string of the molecule is CC(C)Cc1cc(NN)nc(Cc2cccc(F)c2)n1. The number of rotatable bonds is 5. The Bertz CT molecular complexity index is 584. The molecule has 1 aromatic carbocycles. The molecule has 0 saturated heterocycles. The number of nitrogens with one attached hydrogen (secondary N) is 1. The van der Waals surface area contributed by atoms with E-state index >= 15 is 0 Å². The molecule has 2 aromatic rings. The summed E-state index contributed by atoms with van der Waals surface area (Å²) in [6.07, 6.45) is 1.34. The fraction of sp³-hybridized carbons (Fsp3) is 0.333. The number of hydrogen-bond donors (Lipinski definition) is 2. The van der Waals surface area contributed by atoms with Gasteiger partial charge >= 0.3 is 0 Å². The maximum Gasteiger partial charge on any atom is 0.143 e. The van der Waals surface area contributed by atoms with Crippen LogP contribution in [0.4, 0.5) is 10.2 Å². The lowest BCUT2D eigenvalue weighted by Gasteiger charge is -2.09. The van der Waals surface area contributed by atoms with Gasteiger partial charge in [-0.3, -0.25) is 0 Å². The summed E-state index contributed by atoms with van der Waals surface area (Å²) >= 11 is 0. The van der Waals surface area contributed by atoms with Crippen molar-refractivity contribution in [3.05, 3.63) is 53.2 Å². The van der Waals surface area contributed by atoms with Gasteiger partial charge in [0.2, 0.25) is 0 Å². The van der Waals surface area contributed by atoms with Gasteiger partial charge in [0.25, 0.3) is 0 Å². The van der Waals surface area contributed by atoms with Gasteiger partial charge in [-0.15, -0.1) is 0 Å². The first kappa shape index (κ1) is 14.4. The summed E-state index contributed by atoms with van der Waals surface area (Å²) in [5, 5.41) is 0. The van der Waals surface area contributed by atoms with Crippen LogP contribution in [0.1, 0.15) is 30.9 Å². The van der Waals surface area contributed by atoms with E-state index < -0.39 is 0 Å². The number of hydrogen-bond acceptors (Lipinski definition) is 4. The Labute approximate surface area is 118 Å². The third-order valence-corrected chi connectivity index (χ3v) is 2.84. The van der Waals surface area contributed by atoms with Crippen LogP contribution in [0.2, 0.25) is 0 Å². The van der Waals surface area contributed by atoms with E-state index in [0.717, 1.165) is 17.7 Å². The number of anilines is 1. The van der Waals surface area contributed by atoms with Crippen LogP contribution in [0.25, 0.3) is 0 Å². The van der Waals surface area contributed by atoms with Crippen molar-refractivity contribution >= 4 is 5.82 Å². The van der Waals surface area contributed by atoms with Crippen molar-refractivity contribution < 1.29 is 4.39 Å². The molecule has 4 nitrogen and oxygen atoms in total. The van der Waals surface area contributed by atoms with Crippen molar-refractivity contribution in [2.45, 2.75) is 26.7 Å². The first-order chi connectivity index (χ1) is 9.56. The second-order valence-electron chi connectivity index (χ2n) is 5.21. The summed E-state index contributed by atoms with van der Waals surface area (Å²) in [5.41, 5.74) is 4.33. The van der Waals surface area contributed by atoms with Crippen molar-refractivity contribution in [2.75, 3.05) is 5.43 Å². The van der Waals surface area contributed by atoms with Crippen LogP contribution in [-0.2, 0) is 12.8 Å². The molecule has 0 spiro atoms. The fourth-order valence-electron chi connectivity index (χ4n) is 2.06. The average Bonchev–Trinajstić information content (AvgIpc) is 2.37. The number of hydrazine groups is 1. The molecular formula is C15H19FN4. The van der Waals surface area contributed by atoms with Crippen LogP contribution >= 0.6 is 0 Å². The van der Waals surface area contributed by atoms with Gasteiger partial charge in [-0.2, -0.15) is 0 Å². The summed E-state index contributed by atoms with van der Waals surface area (Å²) in [7, 11) is 0. The highest BCUT2D eigenvalue weighted by molar-refractivity contribution is 5.35. The highest BCUT2D eigenvalue weighted by Gasteiger charge is 2.07. The molecule has 2 rings (SSSR count). The molecule has 20 heavy (non-hydrogen) atoms. The van der Waals surface area contributed by atoms with Crippen LogP contribution in [-0.4, -0.2) is 9.97 Å². The fourth-order valence-corrected chi connectivity index (χ4v) is 2.06. The largest absolute Gasteiger partial charge is 0.308 e. The van der Waals surface area contributed by atoms with Crippen LogP contribution in [0, 0.1) is 11.7 Å². The Kier molecular flexibility index (Phi) is 4.63. The van der Waals surface area contributed by atoms with Crippen LogP contribution in [0.3, 0.4) is 0 Å². The monoisotopic (exact) mass is 274 g/mol. The zero-order chi connectivity index (χ0) is 14.5. The van der Waals surface area contributed by atoms with E-state index in [1.807, 2.05) is 12.1 Å². The number of nitrogens with zero attached hydrogens (tertiary/aromatic N) is 2. The quantitative estimate of drug-likeness (QED) is 0.650. The second-order valence-corrected chi connectivity index (χ2v) is 5.21. The van der Waals surface area contributed by atoms with E-state index in [-0.39, 0.29) is 5.82 Å². The van der Waals surface area contributed by atoms with Crippen molar-refractivity contribution in [1.29, 1.82) is 0 Å². The summed E-state index contributed by atoms with van der Waals surface area (Å²) < 4.78 is 13.2. The number of halogens is 1. The van der Waals surface area contributed by atoms with Gasteiger partial charge in [-0.05, 0) is 30.0 Å². The van der Waals surface area contributed by atoms with Gasteiger partial charge in [0.1, 0.15) is 17.5 Å². The van der Waals surface area contributed by atoms with Crippen molar-refractivity contribution in [3.8, 4) is 0 Å². The predicted molar refractivity (Wildman–Crippen MR) is 77.6 cm³/mol. The Hall–Kier alpha value is -2.01. The predicted octanol–water partition coefficient (Wildman–Crippen LogP) is 2.69. The summed E-state index contributed by atoms with van der Waals surface area (Å²) in [6, 6.07) is 8.30. The topological polar surface area (TPSA) is 63.8 Å². The van der Waals surface area contributed by atoms with E-state index in [2.05, 4.69) is 29.2 Å². The maximum absolute atomic E-state index is 13.2. The molecule has 0 bridgehead atoms. The molecule has 0 radical (unpaired) electrons. The van der Waals surface area contributed by atoms with Gasteiger partial charge in [0, 0.05) is 18.2 Å². The number of aromatic nitrogens is 2. The van der Waals surface area contributed by atoms with E-state index in [1.165, 1.54) is 12.1 Å². The summed E-state index contributed by atoms with van der Waals surface area (Å²) in [5.74, 6) is 6.91. The summed E-state index contributed by atoms with van der Waals surface area (Å²) in [6.45, 7) is 4.26. The first-order valence-electron chi connectivity index (χ1n) is 6.64. The third-order valence-electron chi connectivity index (χ3n) is 2.84. The van der Waals surface area contributed by atoms with Gasteiger partial charge in [0.05, 0.1) is 0 Å². The van der Waals surface area contributed by atoms with Gasteiger partial charge < -0.3 is 5.43 Å². The molecule has 0 unspecified atom stereocenters. The van der Waals surface area contributed by atoms with Crippen LogP contribution in [0.15, 0.2) is 30.3 Å². The molecule has 3 N–H and O–H groups in total. The lowest BCUT2D eigenvalue weighted by molar-refractivity contribution is 0.625. The van der Waals surface area contributed by atoms with E-state index in [1.54, 1.807) is 6.07 Å². The minimum absolute atomic E-state index is 0.252. The molecule has 0 aliphatic heterocycles. The van der Waals surface area contributed by atoms with E-state index in [4.69, 9.17) is 5.84 Å². The number of nitrogen functional groups attached to an aromatic ring is 1. The average molecular weight is 274 g/mol. The highest BCUT2D eigenvalue weighted by atomic mass is 19.1. The van der Waals surface area contributed by atoms with Gasteiger partial charge in [-0.25, -0.2) is 20.2 Å². The molecule has 0 amide bonds. The van der Waals surface area contributed by atoms with Gasteiger partial charge in [-0.1, -0.05) is 26.0 Å². The Balaban J connectivity index is 2.26. The van der Waals surface area contributed by atoms with Crippen LogP contribution < -0.4 is 11.3 Å². The Morgan fingerprint density at radius 1 is 1.25 bits per heavy atom. The minimum atomic E-state index is -0.252. The standard InChI is InChI=1S/C15H19FN4/c1-10(2)6-13-9-15(20-17)19-14(18-13)8-11-4-3-5-12(16)7-11/h3-5,7,9-10H,6,8,17H2,1-2H3,(H,18,19,20). The highest BCUT2D eigenvalue weighted by Crippen LogP contribution is 2.14. The minimum Gasteiger partial charge on any atom is -0.308 e. The molecule has 5 heteroatoms. The maximum atomic E-state index is 13.2. The first-order valence-corrected chi connectivity index (χ1v) is 6.64. The van der Waals surface area contributed by atoms with Gasteiger partial charge in [0.15, 0.2) is 0 Å². The molecule has 0 saturated carbocycles. The molecule has 0 fully saturated rings. The molecule has 0 aliphatic carbocycles. The lowest BCUT2D eigenvalue weighted by atomic mass is 10.1. The molecule has 1 heterocycles. The molecule has 0 atom stereocenters. The molecule has 106 valence electrons. The zero-order valence-corrected chi connectivity index (χ0v) is 11.7. The molecular weight excluding hydrogens is 255 g/mol. The van der Waals surface area contributed by atoms with E-state index in [9.17, 15) is 4.39 Å². The zero-order valence-electron chi connectivity index (χ0n) is 11.7. The van der Waals surface area contributed by atoms with Crippen molar-refractivity contribution in [3.63, 3.8) is 0 Å². The van der Waals surface area contributed by atoms with Crippen molar-refractivity contribution in [2.24, 2.45) is 11.8 Å². The Morgan fingerprint density at radius 3 is 2.70 bits per heavy atom. The van der Waals surface area contributed by atoms with Crippen LogP contribution in [0.5, 0.6) is 0 Å². The number of benzene rings is 1. The number of nitrogens with two attached hydrogens (primary N) is 1. The summed E-state index contributed by atoms with van der Waals surface area (Å²) in [4.78, 5) is 8.83. The van der Waals surface area contributed by atoms with Crippen molar-refractivity contribution in [1.82, 2.24) is 9.97 Å². The third kappa shape index (κ3) is 3.99. The lowest BCUT2D eigenvalue weighted by Crippen LogP contribution is -2.12. The normalized spacial score (nSPS) is 10.8. The Morgan fingerprint density at radius 2 is 2.05 bits per heavy atom. The molecule has 1 aromatic heterocycles. The molecule has 0 aliphatic rings. The second kappa shape index (κ2) is 6.43. The smallest absolute Gasteiger partial charge is 0.143 e. The van der Waals surface area contributed by atoms with E-state index in [0.29, 0.717) is 24.0 Å².